The number of hydrogen-bond acceptors (Lipinski definition) is 5. The molecule has 0 saturated carbocycles. The largest absolute Gasteiger partial charge is 0.444 e. The molecule has 1 saturated heterocycles. The summed E-state index contributed by atoms with van der Waals surface area (Å²) in [6, 6.07) is 7.95. The number of benzene rings is 1. The van der Waals surface area contributed by atoms with Crippen molar-refractivity contribution in [2.45, 2.75) is 44.9 Å². The van der Waals surface area contributed by atoms with E-state index in [1.807, 2.05) is 45.0 Å². The van der Waals surface area contributed by atoms with Crippen LogP contribution in [0.5, 0.6) is 0 Å². The van der Waals surface area contributed by atoms with Gasteiger partial charge in [-0.1, -0.05) is 18.2 Å². The summed E-state index contributed by atoms with van der Waals surface area (Å²) < 4.78 is 5.31. The molecule has 5 N–H and O–H groups in total. The van der Waals surface area contributed by atoms with Crippen molar-refractivity contribution in [3.63, 3.8) is 0 Å². The van der Waals surface area contributed by atoms with E-state index in [4.69, 9.17) is 16.2 Å². The monoisotopic (exact) mass is 320 g/mol. The Morgan fingerprint density at radius 1 is 1.43 bits per heavy atom. The van der Waals surface area contributed by atoms with Crippen LogP contribution in [0.1, 0.15) is 38.8 Å². The number of hydrogen-bond donors (Lipinski definition) is 3. The second kappa shape index (κ2) is 7.19. The first kappa shape index (κ1) is 17.6. The summed E-state index contributed by atoms with van der Waals surface area (Å²) in [5.41, 5.74) is 13.4. The average Bonchev–Trinajstić information content (AvgIpc) is 2.87. The van der Waals surface area contributed by atoms with Gasteiger partial charge in [0.25, 0.3) is 0 Å². The molecule has 1 heterocycles. The highest BCUT2D eigenvalue weighted by Crippen LogP contribution is 2.28. The summed E-state index contributed by atoms with van der Waals surface area (Å²) in [5.74, 6) is 0. The topological polar surface area (TPSA) is 93.6 Å². The summed E-state index contributed by atoms with van der Waals surface area (Å²) in [6.07, 6.45) is 0.510. The van der Waals surface area contributed by atoms with Crippen LogP contribution >= 0.6 is 0 Å². The molecule has 0 aromatic heterocycles. The van der Waals surface area contributed by atoms with Gasteiger partial charge < -0.3 is 21.5 Å². The SMILES string of the molecule is CC(C)(C)OC(=O)NC1CCN(C(CN)c2ccccc2N)C1. The molecule has 2 unspecified atom stereocenters. The minimum absolute atomic E-state index is 0.0710. The fourth-order valence-electron chi connectivity index (χ4n) is 2.95. The summed E-state index contributed by atoms with van der Waals surface area (Å²) in [6.45, 7) is 7.68. The lowest BCUT2D eigenvalue weighted by Crippen LogP contribution is -2.41. The van der Waals surface area contributed by atoms with E-state index >= 15 is 0 Å². The van der Waals surface area contributed by atoms with Gasteiger partial charge in [0.15, 0.2) is 0 Å². The molecule has 1 aliphatic heterocycles. The summed E-state index contributed by atoms with van der Waals surface area (Å²) in [4.78, 5) is 14.2. The number of carbonyl (C=O) groups is 1. The van der Waals surface area contributed by atoms with Gasteiger partial charge in [-0.2, -0.15) is 0 Å². The van der Waals surface area contributed by atoms with Crippen molar-refractivity contribution in [3.8, 4) is 0 Å². The second-order valence-electron chi connectivity index (χ2n) is 7.01. The molecule has 6 nitrogen and oxygen atoms in total. The fourth-order valence-corrected chi connectivity index (χ4v) is 2.95. The summed E-state index contributed by atoms with van der Waals surface area (Å²) >= 11 is 0. The molecule has 1 aromatic carbocycles. The average molecular weight is 320 g/mol. The number of para-hydroxylation sites is 1. The molecule has 1 aliphatic rings. The minimum atomic E-state index is -0.485. The number of rotatable bonds is 4. The molecule has 0 radical (unpaired) electrons. The van der Waals surface area contributed by atoms with Crippen molar-refractivity contribution in [1.29, 1.82) is 0 Å². The molecular formula is C17H28N4O2. The Morgan fingerprint density at radius 3 is 2.74 bits per heavy atom. The molecule has 1 amide bonds. The molecule has 0 aliphatic carbocycles. The predicted octanol–water partition coefficient (Wildman–Crippen LogP) is 1.87. The number of amides is 1. The number of nitrogens with two attached hydrogens (primary N) is 2. The van der Waals surface area contributed by atoms with Crippen molar-refractivity contribution >= 4 is 11.8 Å². The predicted molar refractivity (Wildman–Crippen MR) is 92.0 cm³/mol. The maximum atomic E-state index is 11.9. The lowest BCUT2D eigenvalue weighted by molar-refractivity contribution is 0.0504. The Labute approximate surface area is 138 Å². The Kier molecular flexibility index (Phi) is 5.49. The van der Waals surface area contributed by atoms with E-state index in [2.05, 4.69) is 10.2 Å². The van der Waals surface area contributed by atoms with Crippen LogP contribution in [0.3, 0.4) is 0 Å². The van der Waals surface area contributed by atoms with Gasteiger partial charge in [0.1, 0.15) is 5.60 Å². The standard InChI is InChI=1S/C17H28N4O2/c1-17(2,3)23-16(22)20-12-8-9-21(11-12)15(10-18)13-6-4-5-7-14(13)19/h4-7,12,15H,8-11,18-19H2,1-3H3,(H,20,22). The van der Waals surface area contributed by atoms with Gasteiger partial charge >= 0.3 is 6.09 Å². The summed E-state index contributed by atoms with van der Waals surface area (Å²) in [7, 11) is 0. The zero-order valence-corrected chi connectivity index (χ0v) is 14.2. The van der Waals surface area contributed by atoms with Crippen molar-refractivity contribution < 1.29 is 9.53 Å². The zero-order chi connectivity index (χ0) is 17.0. The van der Waals surface area contributed by atoms with Crippen molar-refractivity contribution in [2.24, 2.45) is 5.73 Å². The van der Waals surface area contributed by atoms with Gasteiger partial charge in [-0.3, -0.25) is 4.90 Å². The zero-order valence-electron chi connectivity index (χ0n) is 14.2. The Bertz CT molecular complexity index is 542. The smallest absolute Gasteiger partial charge is 0.407 e. The highest BCUT2D eigenvalue weighted by molar-refractivity contribution is 5.68. The van der Waals surface area contributed by atoms with Crippen LogP contribution in [0.15, 0.2) is 24.3 Å². The first-order valence-electron chi connectivity index (χ1n) is 8.08. The molecule has 2 rings (SSSR count). The van der Waals surface area contributed by atoms with Crippen molar-refractivity contribution in [3.05, 3.63) is 29.8 Å². The fraction of sp³-hybridized carbons (Fsp3) is 0.588. The van der Waals surface area contributed by atoms with E-state index in [0.29, 0.717) is 6.54 Å². The lowest BCUT2D eigenvalue weighted by Gasteiger charge is -2.28. The summed E-state index contributed by atoms with van der Waals surface area (Å²) in [5, 5.41) is 2.94. The molecule has 23 heavy (non-hydrogen) atoms. The van der Waals surface area contributed by atoms with E-state index in [9.17, 15) is 4.79 Å². The normalized spacial score (nSPS) is 20.3. The highest BCUT2D eigenvalue weighted by Gasteiger charge is 2.31. The third kappa shape index (κ3) is 4.84. The second-order valence-corrected chi connectivity index (χ2v) is 7.01. The van der Waals surface area contributed by atoms with Gasteiger partial charge in [0.2, 0.25) is 0 Å². The van der Waals surface area contributed by atoms with E-state index in [0.717, 1.165) is 30.8 Å². The lowest BCUT2D eigenvalue weighted by atomic mass is 10.0. The van der Waals surface area contributed by atoms with Crippen LogP contribution in [-0.2, 0) is 4.74 Å². The number of ether oxygens (including phenoxy) is 1. The maximum absolute atomic E-state index is 11.9. The molecule has 0 spiro atoms. The number of alkyl carbamates (subject to hydrolysis) is 1. The van der Waals surface area contributed by atoms with Crippen LogP contribution in [0.25, 0.3) is 0 Å². The molecule has 1 aromatic rings. The first-order valence-corrected chi connectivity index (χ1v) is 8.08. The van der Waals surface area contributed by atoms with Gasteiger partial charge in [-0.25, -0.2) is 4.79 Å². The quantitative estimate of drug-likeness (QED) is 0.736. The first-order chi connectivity index (χ1) is 10.8. The molecule has 2 atom stereocenters. The Hall–Kier alpha value is -1.79. The third-order valence-corrected chi connectivity index (χ3v) is 3.96. The Balaban J connectivity index is 1.96. The molecule has 0 bridgehead atoms. The van der Waals surface area contributed by atoms with E-state index in [1.165, 1.54) is 0 Å². The van der Waals surface area contributed by atoms with Crippen LogP contribution < -0.4 is 16.8 Å². The van der Waals surface area contributed by atoms with Crippen LogP contribution in [0.2, 0.25) is 0 Å². The highest BCUT2D eigenvalue weighted by atomic mass is 16.6. The molecule has 6 heteroatoms. The van der Waals surface area contributed by atoms with Gasteiger partial charge in [0, 0.05) is 37.4 Å². The maximum Gasteiger partial charge on any atom is 0.407 e. The number of anilines is 1. The van der Waals surface area contributed by atoms with Gasteiger partial charge in [-0.05, 0) is 38.8 Å². The number of nitrogens with one attached hydrogen (secondary N) is 1. The molecule has 128 valence electrons. The van der Waals surface area contributed by atoms with E-state index in [-0.39, 0.29) is 18.2 Å². The molecule has 1 fully saturated rings. The number of carbonyl (C=O) groups excluding carboxylic acids is 1. The van der Waals surface area contributed by atoms with Gasteiger partial charge in [-0.15, -0.1) is 0 Å². The Morgan fingerprint density at radius 2 is 2.13 bits per heavy atom. The van der Waals surface area contributed by atoms with Crippen molar-refractivity contribution in [1.82, 2.24) is 10.2 Å². The van der Waals surface area contributed by atoms with E-state index in [1.54, 1.807) is 0 Å². The van der Waals surface area contributed by atoms with E-state index < -0.39 is 5.60 Å². The third-order valence-electron chi connectivity index (χ3n) is 3.96. The minimum Gasteiger partial charge on any atom is -0.444 e. The van der Waals surface area contributed by atoms with Crippen LogP contribution in [-0.4, -0.2) is 42.3 Å². The number of nitrogens with zero attached hydrogens (tertiary/aromatic N) is 1. The molecular weight excluding hydrogens is 292 g/mol. The van der Waals surface area contributed by atoms with Gasteiger partial charge in [0.05, 0.1) is 0 Å². The van der Waals surface area contributed by atoms with Crippen LogP contribution in [0, 0.1) is 0 Å². The number of likely N-dealkylation sites (tertiary alicyclic amines) is 1. The van der Waals surface area contributed by atoms with Crippen LogP contribution in [0.4, 0.5) is 10.5 Å². The van der Waals surface area contributed by atoms with Crippen molar-refractivity contribution in [2.75, 3.05) is 25.4 Å². The number of nitrogen functional groups attached to an aromatic ring is 1.